The van der Waals surface area contributed by atoms with Gasteiger partial charge < -0.3 is 10.2 Å². The summed E-state index contributed by atoms with van der Waals surface area (Å²) in [5.41, 5.74) is 3.87. The molecule has 1 saturated heterocycles. The summed E-state index contributed by atoms with van der Waals surface area (Å²) in [7, 11) is 0. The molecule has 2 aromatic rings. The highest BCUT2D eigenvalue weighted by Gasteiger charge is 2.36. The monoisotopic (exact) mass is 317 g/mol. The molecule has 120 valence electrons. The van der Waals surface area contributed by atoms with Gasteiger partial charge in [0.05, 0.1) is 11.6 Å². The predicted octanol–water partition coefficient (Wildman–Crippen LogP) is 3.69. The number of aryl methyl sites for hydroxylation is 1. The van der Waals surface area contributed by atoms with Crippen molar-refractivity contribution in [3.05, 3.63) is 48.2 Å². The summed E-state index contributed by atoms with van der Waals surface area (Å²) in [6.07, 6.45) is 3.91. The lowest BCUT2D eigenvalue weighted by atomic mass is 9.84. The van der Waals surface area contributed by atoms with Crippen LogP contribution in [0.25, 0.3) is 11.3 Å². The largest absolute Gasteiger partial charge is 0.322 e. The minimum atomic E-state index is -0.0606. The summed E-state index contributed by atoms with van der Waals surface area (Å²) < 4.78 is 0. The molecule has 0 radical (unpaired) electrons. The molecule has 1 aromatic heterocycles. The highest BCUT2D eigenvalue weighted by atomic mass is 16.2. The first kappa shape index (κ1) is 14.8. The lowest BCUT2D eigenvalue weighted by Crippen LogP contribution is -2.51. The number of anilines is 1. The molecule has 0 bridgehead atoms. The number of likely N-dealkylation sites (tertiary alicyclic amines) is 1. The molecule has 4 rings (SSSR count). The van der Waals surface area contributed by atoms with E-state index < -0.39 is 0 Å². The lowest BCUT2D eigenvalue weighted by Gasteiger charge is -2.39. The maximum atomic E-state index is 12.6. The number of fused-ring (bicyclic) bond motifs is 1. The van der Waals surface area contributed by atoms with E-state index in [2.05, 4.69) is 29.1 Å². The fourth-order valence-electron chi connectivity index (χ4n) is 3.34. The number of pyridine rings is 1. The number of carbonyl (C=O) groups excluding carboxylic acids is 1. The Bertz CT molecular complexity index is 835. The summed E-state index contributed by atoms with van der Waals surface area (Å²) >= 11 is 0. The van der Waals surface area contributed by atoms with E-state index in [0.717, 1.165) is 41.9 Å². The third-order valence-electron chi connectivity index (χ3n) is 4.74. The van der Waals surface area contributed by atoms with Crippen LogP contribution in [-0.4, -0.2) is 28.5 Å². The van der Waals surface area contributed by atoms with E-state index in [1.807, 2.05) is 41.3 Å². The normalized spacial score (nSPS) is 21.1. The Kier molecular flexibility index (Phi) is 3.70. The molecule has 2 amide bonds. The number of hydrogen-bond acceptors (Lipinski definition) is 2. The van der Waals surface area contributed by atoms with Gasteiger partial charge in [0, 0.05) is 24.0 Å². The van der Waals surface area contributed by atoms with Crippen molar-refractivity contribution in [2.45, 2.75) is 25.8 Å². The first-order valence-electron chi connectivity index (χ1n) is 8.33. The first-order valence-corrected chi connectivity index (χ1v) is 8.33. The van der Waals surface area contributed by atoms with Gasteiger partial charge in [-0.25, -0.2) is 4.79 Å². The quantitative estimate of drug-likeness (QED) is 0.859. The van der Waals surface area contributed by atoms with Gasteiger partial charge in [-0.2, -0.15) is 0 Å². The second-order valence-electron chi connectivity index (χ2n) is 6.35. The molecule has 0 unspecified atom stereocenters. The Morgan fingerprint density at radius 3 is 2.96 bits per heavy atom. The van der Waals surface area contributed by atoms with Gasteiger partial charge in [0.1, 0.15) is 6.04 Å². The third kappa shape index (κ3) is 2.63. The maximum absolute atomic E-state index is 12.6. The van der Waals surface area contributed by atoms with Crippen LogP contribution in [0.2, 0.25) is 0 Å². The van der Waals surface area contributed by atoms with E-state index >= 15 is 0 Å². The number of carbonyl (C=O) groups is 1. The average Bonchev–Trinajstić information content (AvgIpc) is 2.58. The molecule has 4 nitrogen and oxygen atoms in total. The Hall–Kier alpha value is -2.80. The molecule has 1 aliphatic carbocycles. The number of nitrogens with zero attached hydrogens (tertiary/aromatic N) is 2. The van der Waals surface area contributed by atoms with E-state index in [1.165, 1.54) is 0 Å². The summed E-state index contributed by atoms with van der Waals surface area (Å²) in [6, 6.07) is 11.8. The summed E-state index contributed by atoms with van der Waals surface area (Å²) in [5, 5.41) is 3.03. The SMILES string of the molecule is Cc1ccc(NC(=O)N2CCC[C@@H]3C#C[C@@H]32)cc1-c1ccccn1. The van der Waals surface area contributed by atoms with Crippen molar-refractivity contribution in [1.82, 2.24) is 9.88 Å². The van der Waals surface area contributed by atoms with Gasteiger partial charge >= 0.3 is 6.03 Å². The lowest BCUT2D eigenvalue weighted by molar-refractivity contribution is 0.161. The number of benzene rings is 1. The van der Waals surface area contributed by atoms with Crippen molar-refractivity contribution >= 4 is 11.7 Å². The zero-order valence-electron chi connectivity index (χ0n) is 13.6. The number of piperidine rings is 1. The maximum Gasteiger partial charge on any atom is 0.322 e. The van der Waals surface area contributed by atoms with Crippen molar-refractivity contribution in [1.29, 1.82) is 0 Å². The van der Waals surface area contributed by atoms with Gasteiger partial charge in [-0.05, 0) is 49.6 Å². The topological polar surface area (TPSA) is 45.2 Å². The number of hydrogen-bond donors (Lipinski definition) is 1. The third-order valence-corrected chi connectivity index (χ3v) is 4.74. The molecule has 1 aliphatic heterocycles. The summed E-state index contributed by atoms with van der Waals surface area (Å²) in [4.78, 5) is 18.9. The summed E-state index contributed by atoms with van der Waals surface area (Å²) in [5.74, 6) is 6.64. The van der Waals surface area contributed by atoms with Crippen LogP contribution in [0.15, 0.2) is 42.6 Å². The van der Waals surface area contributed by atoms with Crippen LogP contribution in [0.1, 0.15) is 18.4 Å². The molecule has 1 fully saturated rings. The van der Waals surface area contributed by atoms with E-state index in [9.17, 15) is 4.79 Å². The van der Waals surface area contributed by atoms with E-state index in [0.29, 0.717) is 5.92 Å². The smallest absolute Gasteiger partial charge is 0.309 e. The van der Waals surface area contributed by atoms with Crippen LogP contribution < -0.4 is 5.32 Å². The van der Waals surface area contributed by atoms with Crippen LogP contribution in [0.3, 0.4) is 0 Å². The number of nitrogens with one attached hydrogen (secondary N) is 1. The Balaban J connectivity index is 1.55. The first-order chi connectivity index (χ1) is 11.7. The van der Waals surface area contributed by atoms with Gasteiger partial charge in [-0.1, -0.05) is 24.0 Å². The van der Waals surface area contributed by atoms with Crippen molar-refractivity contribution in [2.24, 2.45) is 5.92 Å². The molecule has 2 heterocycles. The molecule has 1 N–H and O–H groups in total. The molecule has 1 aromatic carbocycles. The highest BCUT2D eigenvalue weighted by molar-refractivity contribution is 5.91. The molecule has 0 saturated carbocycles. The number of rotatable bonds is 2. The zero-order valence-corrected chi connectivity index (χ0v) is 13.6. The number of urea groups is 1. The predicted molar refractivity (Wildman–Crippen MR) is 94.4 cm³/mol. The van der Waals surface area contributed by atoms with E-state index in [4.69, 9.17) is 0 Å². The Morgan fingerprint density at radius 1 is 1.29 bits per heavy atom. The van der Waals surface area contributed by atoms with Crippen molar-refractivity contribution in [3.8, 4) is 23.1 Å². The van der Waals surface area contributed by atoms with E-state index in [-0.39, 0.29) is 12.1 Å². The van der Waals surface area contributed by atoms with Gasteiger partial charge in [0.25, 0.3) is 0 Å². The van der Waals surface area contributed by atoms with Gasteiger partial charge in [-0.3, -0.25) is 4.98 Å². The molecular formula is C20H19N3O. The number of aromatic nitrogens is 1. The number of amides is 2. The molecule has 2 atom stereocenters. The van der Waals surface area contributed by atoms with E-state index in [1.54, 1.807) is 6.20 Å². The molecule has 2 aliphatic rings. The fourth-order valence-corrected chi connectivity index (χ4v) is 3.34. The van der Waals surface area contributed by atoms with Crippen LogP contribution in [0, 0.1) is 24.7 Å². The van der Waals surface area contributed by atoms with Gasteiger partial charge in [-0.15, -0.1) is 0 Å². The Morgan fingerprint density at radius 2 is 2.21 bits per heavy atom. The summed E-state index contributed by atoms with van der Waals surface area (Å²) in [6.45, 7) is 2.83. The molecule has 0 spiro atoms. The van der Waals surface area contributed by atoms with Crippen molar-refractivity contribution in [2.75, 3.05) is 11.9 Å². The van der Waals surface area contributed by atoms with Crippen molar-refractivity contribution in [3.63, 3.8) is 0 Å². The minimum Gasteiger partial charge on any atom is -0.309 e. The molecule has 4 heteroatoms. The van der Waals surface area contributed by atoms with Gasteiger partial charge in [0.2, 0.25) is 0 Å². The van der Waals surface area contributed by atoms with Crippen LogP contribution in [-0.2, 0) is 0 Å². The molecule has 24 heavy (non-hydrogen) atoms. The highest BCUT2D eigenvalue weighted by Crippen LogP contribution is 2.29. The second kappa shape index (κ2) is 6.01. The Labute approximate surface area is 141 Å². The standard InChI is InChI=1S/C20H19N3O/c1-14-7-9-16(13-17(14)18-6-2-3-11-21-18)22-20(24)23-12-4-5-15-8-10-19(15)23/h2-3,6-7,9,11,13,15,19H,4-5,12H2,1H3,(H,22,24)/t15-,19+/m1/s1. The van der Waals surface area contributed by atoms with Crippen LogP contribution >= 0.6 is 0 Å². The van der Waals surface area contributed by atoms with Crippen LogP contribution in [0.5, 0.6) is 0 Å². The minimum absolute atomic E-state index is 0.0606. The molecular weight excluding hydrogens is 298 g/mol. The average molecular weight is 317 g/mol. The fraction of sp³-hybridized carbons (Fsp3) is 0.300. The van der Waals surface area contributed by atoms with Crippen LogP contribution in [0.4, 0.5) is 10.5 Å². The van der Waals surface area contributed by atoms with Gasteiger partial charge in [0.15, 0.2) is 0 Å². The zero-order chi connectivity index (χ0) is 16.5. The van der Waals surface area contributed by atoms with Crippen molar-refractivity contribution < 1.29 is 4.79 Å². The second-order valence-corrected chi connectivity index (χ2v) is 6.35.